The van der Waals surface area contributed by atoms with Crippen molar-refractivity contribution in [3.63, 3.8) is 0 Å². The van der Waals surface area contributed by atoms with Crippen LogP contribution < -0.4 is 0 Å². The molecule has 20 heavy (non-hydrogen) atoms. The number of benzene rings is 1. The molecule has 0 spiro atoms. The summed E-state index contributed by atoms with van der Waals surface area (Å²) in [6.45, 7) is 0.879. The number of aliphatic hydroxyl groups is 1. The zero-order valence-corrected chi connectivity index (χ0v) is 13.0. The van der Waals surface area contributed by atoms with Gasteiger partial charge in [-0.1, -0.05) is 29.3 Å². The number of nitrogens with zero attached hydrogens (tertiary/aromatic N) is 1. The van der Waals surface area contributed by atoms with Crippen molar-refractivity contribution in [3.05, 3.63) is 39.9 Å². The number of rotatable bonds is 7. The molecule has 1 aromatic carbocycles. The molecular weight excluding hydrogens is 297 g/mol. The SMILES string of the molecule is CN(CCCCCO)C(=O)/C=C/c1ccc(Cl)cc1Cl. The van der Waals surface area contributed by atoms with Crippen molar-refractivity contribution in [2.24, 2.45) is 0 Å². The van der Waals surface area contributed by atoms with E-state index in [1.165, 1.54) is 6.08 Å². The molecule has 0 fully saturated rings. The predicted molar refractivity (Wildman–Crippen MR) is 84.1 cm³/mol. The summed E-state index contributed by atoms with van der Waals surface area (Å²) in [7, 11) is 1.76. The quantitative estimate of drug-likeness (QED) is 0.616. The van der Waals surface area contributed by atoms with E-state index in [1.54, 1.807) is 36.2 Å². The van der Waals surface area contributed by atoms with Gasteiger partial charge in [0.25, 0.3) is 0 Å². The van der Waals surface area contributed by atoms with Gasteiger partial charge < -0.3 is 10.0 Å². The van der Waals surface area contributed by atoms with Crippen LogP contribution in [0.15, 0.2) is 24.3 Å². The molecule has 3 nitrogen and oxygen atoms in total. The van der Waals surface area contributed by atoms with Gasteiger partial charge in [-0.3, -0.25) is 4.79 Å². The smallest absolute Gasteiger partial charge is 0.246 e. The van der Waals surface area contributed by atoms with Crippen LogP contribution in [0.3, 0.4) is 0 Å². The van der Waals surface area contributed by atoms with E-state index in [0.717, 1.165) is 24.8 Å². The number of hydrogen-bond donors (Lipinski definition) is 1. The van der Waals surface area contributed by atoms with E-state index in [1.807, 2.05) is 0 Å². The molecule has 1 N–H and O–H groups in total. The Kier molecular flexibility index (Phi) is 7.67. The molecule has 0 aliphatic rings. The van der Waals surface area contributed by atoms with E-state index in [2.05, 4.69) is 0 Å². The van der Waals surface area contributed by atoms with Gasteiger partial charge in [-0.05, 0) is 43.0 Å². The van der Waals surface area contributed by atoms with Crippen LogP contribution >= 0.6 is 23.2 Å². The van der Waals surface area contributed by atoms with Crippen LogP contribution in [0.1, 0.15) is 24.8 Å². The van der Waals surface area contributed by atoms with Crippen LogP contribution in [-0.2, 0) is 4.79 Å². The Morgan fingerprint density at radius 2 is 2.05 bits per heavy atom. The summed E-state index contributed by atoms with van der Waals surface area (Å²) in [6, 6.07) is 5.15. The maximum atomic E-state index is 11.9. The standard InChI is InChI=1S/C15H19Cl2NO2/c1-18(9-3-2-4-10-19)15(20)8-6-12-5-7-13(16)11-14(12)17/h5-8,11,19H,2-4,9-10H2,1H3/b8-6+. The first-order valence-electron chi connectivity index (χ1n) is 6.53. The highest BCUT2D eigenvalue weighted by molar-refractivity contribution is 6.35. The van der Waals surface area contributed by atoms with Crippen LogP contribution in [-0.4, -0.2) is 36.1 Å². The third-order valence-electron chi connectivity index (χ3n) is 2.90. The number of unbranched alkanes of at least 4 members (excludes halogenated alkanes) is 2. The molecule has 0 aliphatic heterocycles. The number of carbonyl (C=O) groups excluding carboxylic acids is 1. The largest absolute Gasteiger partial charge is 0.396 e. The van der Waals surface area contributed by atoms with Gasteiger partial charge in [0, 0.05) is 36.3 Å². The molecule has 1 amide bonds. The molecule has 0 bridgehead atoms. The normalized spacial score (nSPS) is 11.0. The lowest BCUT2D eigenvalue weighted by atomic mass is 10.2. The maximum Gasteiger partial charge on any atom is 0.246 e. The number of carbonyl (C=O) groups is 1. The second kappa shape index (κ2) is 9.01. The van der Waals surface area contributed by atoms with Crippen molar-refractivity contribution >= 4 is 35.2 Å². The van der Waals surface area contributed by atoms with Crippen molar-refractivity contribution in [3.8, 4) is 0 Å². The number of halogens is 2. The molecule has 5 heteroatoms. The average Bonchev–Trinajstić information content (AvgIpc) is 2.42. The van der Waals surface area contributed by atoms with E-state index >= 15 is 0 Å². The lowest BCUT2D eigenvalue weighted by Crippen LogP contribution is -2.25. The minimum absolute atomic E-state index is 0.0694. The Morgan fingerprint density at radius 3 is 2.70 bits per heavy atom. The van der Waals surface area contributed by atoms with Crippen molar-refractivity contribution in [1.82, 2.24) is 4.90 Å². The van der Waals surface area contributed by atoms with E-state index in [4.69, 9.17) is 28.3 Å². The molecule has 0 saturated heterocycles. The van der Waals surface area contributed by atoms with Crippen LogP contribution in [0.2, 0.25) is 10.0 Å². The molecule has 0 saturated carbocycles. The van der Waals surface area contributed by atoms with Gasteiger partial charge in [0.1, 0.15) is 0 Å². The fraction of sp³-hybridized carbons (Fsp3) is 0.400. The lowest BCUT2D eigenvalue weighted by molar-refractivity contribution is -0.124. The fourth-order valence-corrected chi connectivity index (χ4v) is 2.14. The Bertz CT molecular complexity index is 475. The number of hydrogen-bond acceptors (Lipinski definition) is 2. The molecule has 1 aromatic rings. The summed E-state index contributed by atoms with van der Waals surface area (Å²) in [5.41, 5.74) is 0.762. The van der Waals surface area contributed by atoms with E-state index in [0.29, 0.717) is 16.6 Å². The summed E-state index contributed by atoms with van der Waals surface area (Å²) in [5, 5.41) is 9.77. The molecule has 0 radical (unpaired) electrons. The molecule has 1 rings (SSSR count). The van der Waals surface area contributed by atoms with Crippen LogP contribution in [0.5, 0.6) is 0 Å². The molecule has 110 valence electrons. The molecule has 0 unspecified atom stereocenters. The Hall–Kier alpha value is -1.03. The zero-order valence-electron chi connectivity index (χ0n) is 11.5. The first-order chi connectivity index (χ1) is 9.54. The number of likely N-dealkylation sites (N-methyl/N-ethyl adjacent to an activating group) is 1. The second-order valence-corrected chi connectivity index (χ2v) is 5.39. The third-order valence-corrected chi connectivity index (χ3v) is 3.46. The monoisotopic (exact) mass is 315 g/mol. The minimum Gasteiger partial charge on any atom is -0.396 e. The molecule has 0 atom stereocenters. The van der Waals surface area contributed by atoms with Crippen molar-refractivity contribution in [2.45, 2.75) is 19.3 Å². The van der Waals surface area contributed by atoms with E-state index in [-0.39, 0.29) is 12.5 Å². The lowest BCUT2D eigenvalue weighted by Gasteiger charge is -2.14. The highest BCUT2D eigenvalue weighted by Gasteiger charge is 2.05. The Morgan fingerprint density at radius 1 is 1.30 bits per heavy atom. The van der Waals surface area contributed by atoms with E-state index in [9.17, 15) is 4.79 Å². The minimum atomic E-state index is -0.0694. The summed E-state index contributed by atoms with van der Waals surface area (Å²) in [5.74, 6) is -0.0694. The summed E-state index contributed by atoms with van der Waals surface area (Å²) in [4.78, 5) is 13.5. The molecule has 0 aromatic heterocycles. The highest BCUT2D eigenvalue weighted by Crippen LogP contribution is 2.21. The summed E-state index contributed by atoms with van der Waals surface area (Å²) < 4.78 is 0. The van der Waals surface area contributed by atoms with Gasteiger partial charge in [-0.25, -0.2) is 0 Å². The van der Waals surface area contributed by atoms with E-state index < -0.39 is 0 Å². The van der Waals surface area contributed by atoms with Crippen LogP contribution in [0, 0.1) is 0 Å². The van der Waals surface area contributed by atoms with Crippen molar-refractivity contribution in [2.75, 3.05) is 20.2 Å². The topological polar surface area (TPSA) is 40.5 Å². The first kappa shape index (κ1) is 17.0. The highest BCUT2D eigenvalue weighted by atomic mass is 35.5. The molecular formula is C15H19Cl2NO2. The molecule has 0 heterocycles. The number of amides is 1. The van der Waals surface area contributed by atoms with Crippen molar-refractivity contribution < 1.29 is 9.90 Å². The van der Waals surface area contributed by atoms with Gasteiger partial charge in [0.15, 0.2) is 0 Å². The van der Waals surface area contributed by atoms with Gasteiger partial charge in [-0.15, -0.1) is 0 Å². The van der Waals surface area contributed by atoms with Gasteiger partial charge in [0.05, 0.1) is 0 Å². The maximum absolute atomic E-state index is 11.9. The third kappa shape index (κ3) is 5.95. The zero-order chi connectivity index (χ0) is 15.0. The summed E-state index contributed by atoms with van der Waals surface area (Å²) in [6.07, 6.45) is 5.77. The Labute approximate surface area is 129 Å². The average molecular weight is 316 g/mol. The van der Waals surface area contributed by atoms with Crippen LogP contribution in [0.4, 0.5) is 0 Å². The summed E-state index contributed by atoms with van der Waals surface area (Å²) >= 11 is 11.8. The van der Waals surface area contributed by atoms with Crippen LogP contribution in [0.25, 0.3) is 6.08 Å². The molecule has 0 aliphatic carbocycles. The Balaban J connectivity index is 2.49. The van der Waals surface area contributed by atoms with Gasteiger partial charge in [0.2, 0.25) is 5.91 Å². The van der Waals surface area contributed by atoms with Crippen molar-refractivity contribution in [1.29, 1.82) is 0 Å². The number of aliphatic hydroxyl groups excluding tert-OH is 1. The van der Waals surface area contributed by atoms with Gasteiger partial charge >= 0.3 is 0 Å². The fourth-order valence-electron chi connectivity index (χ4n) is 1.67. The second-order valence-electron chi connectivity index (χ2n) is 4.54. The first-order valence-corrected chi connectivity index (χ1v) is 7.29. The van der Waals surface area contributed by atoms with Gasteiger partial charge in [-0.2, -0.15) is 0 Å². The predicted octanol–water partition coefficient (Wildman–Crippen LogP) is 3.63.